The first-order chi connectivity index (χ1) is 14.9. The van der Waals surface area contributed by atoms with Crippen molar-refractivity contribution in [3.8, 4) is 0 Å². The van der Waals surface area contributed by atoms with Crippen LogP contribution in [0.1, 0.15) is 106 Å². The summed E-state index contributed by atoms with van der Waals surface area (Å²) in [6.07, 6.45) is 12.2. The van der Waals surface area contributed by atoms with Crippen LogP contribution in [0, 0.1) is 56.7 Å². The first kappa shape index (κ1) is 23.4. The Kier molecular flexibility index (Phi) is 5.19. The van der Waals surface area contributed by atoms with Crippen LogP contribution in [-0.2, 0) is 0 Å². The van der Waals surface area contributed by atoms with Gasteiger partial charge in [-0.05, 0) is 128 Å². The SMILES string of the molecule is C=C(C)[C@@H]1CC[C@]2(CO)CC[C@]3(C)[C@@H](CC[C@H]4[C@]5(C)CC[C@H](O)C(C)(C)[C@@H]5CC[C@]43C)[C@@H]12. The number of hydrogen-bond acceptors (Lipinski definition) is 2. The monoisotopic (exact) mass is 442 g/mol. The van der Waals surface area contributed by atoms with Gasteiger partial charge >= 0.3 is 0 Å². The van der Waals surface area contributed by atoms with Crippen LogP contribution in [0.5, 0.6) is 0 Å². The highest BCUT2D eigenvalue weighted by Crippen LogP contribution is 2.77. The van der Waals surface area contributed by atoms with Gasteiger partial charge in [0.15, 0.2) is 0 Å². The zero-order valence-corrected chi connectivity index (χ0v) is 21.8. The Labute approximate surface area is 197 Å². The van der Waals surface area contributed by atoms with Crippen LogP contribution in [0.4, 0.5) is 0 Å². The molecule has 0 aliphatic heterocycles. The molecule has 2 nitrogen and oxygen atoms in total. The second kappa shape index (κ2) is 7.09. The molecule has 0 aromatic rings. The second-order valence-corrected chi connectivity index (χ2v) is 14.6. The van der Waals surface area contributed by atoms with Crippen LogP contribution in [0.25, 0.3) is 0 Å². The summed E-state index contributed by atoms with van der Waals surface area (Å²) in [4.78, 5) is 0. The zero-order chi connectivity index (χ0) is 23.3. The van der Waals surface area contributed by atoms with Crippen molar-refractivity contribution in [2.24, 2.45) is 56.7 Å². The van der Waals surface area contributed by atoms with E-state index in [9.17, 15) is 10.2 Å². The van der Waals surface area contributed by atoms with E-state index in [0.717, 1.165) is 18.3 Å². The molecule has 0 saturated heterocycles. The minimum absolute atomic E-state index is 0.0290. The number of aliphatic hydroxyl groups excluding tert-OH is 2. The maximum absolute atomic E-state index is 10.9. The molecule has 182 valence electrons. The molecule has 0 unspecified atom stereocenters. The lowest BCUT2D eigenvalue weighted by atomic mass is 9.32. The quantitative estimate of drug-likeness (QED) is 0.452. The van der Waals surface area contributed by atoms with Crippen LogP contribution in [-0.4, -0.2) is 22.9 Å². The van der Waals surface area contributed by atoms with Crippen molar-refractivity contribution in [2.75, 3.05) is 6.61 Å². The van der Waals surface area contributed by atoms with Crippen molar-refractivity contribution in [1.82, 2.24) is 0 Å². The van der Waals surface area contributed by atoms with Crippen molar-refractivity contribution in [1.29, 1.82) is 0 Å². The summed E-state index contributed by atoms with van der Waals surface area (Å²) in [6, 6.07) is 0. The standard InChI is InChI=1S/C30H50O2/c1-19(2)20-10-15-30(18-31)17-16-28(6)21(25(20)30)8-9-23-27(5)13-12-24(32)26(3,4)22(27)11-14-29(23,28)7/h20-25,31-32H,1,8-18H2,2-7H3/t20-,21-,22-,23-,24-,25+,27+,28+,29+,30+/m0/s1. The molecule has 5 fully saturated rings. The number of hydrogen-bond donors (Lipinski definition) is 2. The van der Waals surface area contributed by atoms with Gasteiger partial charge in [-0.25, -0.2) is 0 Å². The second-order valence-electron chi connectivity index (χ2n) is 14.6. The predicted octanol–water partition coefficient (Wildman–Crippen LogP) is 7.00. The van der Waals surface area contributed by atoms with Gasteiger partial charge in [-0.15, -0.1) is 0 Å². The van der Waals surface area contributed by atoms with Crippen LogP contribution >= 0.6 is 0 Å². The lowest BCUT2D eigenvalue weighted by molar-refractivity contribution is -0.249. The lowest BCUT2D eigenvalue weighted by Gasteiger charge is -2.73. The van der Waals surface area contributed by atoms with Gasteiger partial charge in [0.2, 0.25) is 0 Å². The van der Waals surface area contributed by atoms with Gasteiger partial charge in [0.05, 0.1) is 6.10 Å². The third-order valence-corrected chi connectivity index (χ3v) is 13.5. The molecule has 2 N–H and O–H groups in total. The molecule has 5 aliphatic carbocycles. The maximum Gasteiger partial charge on any atom is 0.0594 e. The molecule has 32 heavy (non-hydrogen) atoms. The molecular weight excluding hydrogens is 392 g/mol. The van der Waals surface area contributed by atoms with E-state index in [4.69, 9.17) is 0 Å². The number of allylic oxidation sites excluding steroid dienone is 1. The molecule has 0 aromatic heterocycles. The fourth-order valence-corrected chi connectivity index (χ4v) is 11.5. The highest BCUT2D eigenvalue weighted by molar-refractivity contribution is 5.21. The average Bonchev–Trinajstić information content (AvgIpc) is 3.12. The summed E-state index contributed by atoms with van der Waals surface area (Å²) in [5, 5.41) is 21.5. The summed E-state index contributed by atoms with van der Waals surface area (Å²) in [7, 11) is 0. The molecule has 5 rings (SSSR count). The lowest BCUT2D eigenvalue weighted by Crippen LogP contribution is -2.66. The van der Waals surface area contributed by atoms with Gasteiger partial charge in [-0.3, -0.25) is 0 Å². The molecule has 0 heterocycles. The van der Waals surface area contributed by atoms with Gasteiger partial charge in [-0.1, -0.05) is 46.8 Å². The maximum atomic E-state index is 10.9. The molecule has 0 spiro atoms. The van der Waals surface area contributed by atoms with Gasteiger partial charge in [0.25, 0.3) is 0 Å². The summed E-state index contributed by atoms with van der Waals surface area (Å²) in [5.74, 6) is 3.33. The molecule has 0 aromatic carbocycles. The normalized spacial score (nSPS) is 56.5. The van der Waals surface area contributed by atoms with Gasteiger partial charge in [-0.2, -0.15) is 0 Å². The first-order valence-corrected chi connectivity index (χ1v) is 13.8. The highest BCUT2D eigenvalue weighted by Gasteiger charge is 2.70. The van der Waals surface area contributed by atoms with Crippen LogP contribution in [0.2, 0.25) is 0 Å². The molecule has 0 amide bonds. The van der Waals surface area contributed by atoms with E-state index < -0.39 is 0 Å². The minimum atomic E-state index is -0.147. The highest BCUT2D eigenvalue weighted by atomic mass is 16.3. The Bertz CT molecular complexity index is 786. The zero-order valence-electron chi connectivity index (χ0n) is 21.8. The van der Waals surface area contributed by atoms with Crippen LogP contribution in [0.15, 0.2) is 12.2 Å². The van der Waals surface area contributed by atoms with E-state index in [1.165, 1.54) is 63.4 Å². The van der Waals surface area contributed by atoms with E-state index in [1.807, 2.05) is 0 Å². The summed E-state index contributed by atoms with van der Waals surface area (Å²) in [5.41, 5.74) is 2.60. The summed E-state index contributed by atoms with van der Waals surface area (Å²) >= 11 is 0. The van der Waals surface area contributed by atoms with Crippen LogP contribution < -0.4 is 0 Å². The van der Waals surface area contributed by atoms with E-state index in [0.29, 0.717) is 40.6 Å². The molecule has 0 radical (unpaired) electrons. The Balaban J connectivity index is 1.55. The number of rotatable bonds is 2. The first-order valence-electron chi connectivity index (χ1n) is 13.8. The fourth-order valence-electron chi connectivity index (χ4n) is 11.5. The Morgan fingerprint density at radius 1 is 0.812 bits per heavy atom. The Morgan fingerprint density at radius 3 is 2.19 bits per heavy atom. The molecule has 2 heteroatoms. The Morgan fingerprint density at radius 2 is 1.53 bits per heavy atom. The third kappa shape index (κ3) is 2.66. The summed E-state index contributed by atoms with van der Waals surface area (Å²) < 4.78 is 0. The van der Waals surface area contributed by atoms with Crippen molar-refractivity contribution in [2.45, 2.75) is 112 Å². The molecule has 10 atom stereocenters. The third-order valence-electron chi connectivity index (χ3n) is 13.5. The van der Waals surface area contributed by atoms with E-state index in [2.05, 4.69) is 48.1 Å². The van der Waals surface area contributed by atoms with Crippen LogP contribution in [0.3, 0.4) is 0 Å². The molecule has 5 saturated carbocycles. The molecular formula is C30H50O2. The van der Waals surface area contributed by atoms with E-state index >= 15 is 0 Å². The summed E-state index contributed by atoms with van der Waals surface area (Å²) in [6.45, 7) is 19.7. The van der Waals surface area contributed by atoms with Gasteiger partial charge < -0.3 is 10.2 Å². The Hall–Kier alpha value is -0.340. The van der Waals surface area contributed by atoms with Crippen molar-refractivity contribution < 1.29 is 10.2 Å². The molecule has 5 aliphatic rings. The largest absolute Gasteiger partial charge is 0.396 e. The number of aliphatic hydroxyl groups is 2. The van der Waals surface area contributed by atoms with Gasteiger partial charge in [0.1, 0.15) is 0 Å². The van der Waals surface area contributed by atoms with Gasteiger partial charge in [0, 0.05) is 6.61 Å². The number of fused-ring (bicyclic) bond motifs is 7. The minimum Gasteiger partial charge on any atom is -0.396 e. The average molecular weight is 443 g/mol. The topological polar surface area (TPSA) is 40.5 Å². The van der Waals surface area contributed by atoms with Crippen molar-refractivity contribution in [3.05, 3.63) is 12.2 Å². The van der Waals surface area contributed by atoms with Crippen molar-refractivity contribution in [3.63, 3.8) is 0 Å². The fraction of sp³-hybridized carbons (Fsp3) is 0.933. The van der Waals surface area contributed by atoms with E-state index in [-0.39, 0.29) is 16.9 Å². The molecule has 0 bridgehead atoms. The smallest absolute Gasteiger partial charge is 0.0594 e. The predicted molar refractivity (Wildman–Crippen MR) is 132 cm³/mol. The van der Waals surface area contributed by atoms with Crippen molar-refractivity contribution >= 4 is 0 Å². The van der Waals surface area contributed by atoms with E-state index in [1.54, 1.807) is 0 Å².